The molecule has 3 rings (SSSR count). The Balaban J connectivity index is 1.72. The summed E-state index contributed by atoms with van der Waals surface area (Å²) < 4.78 is 0. The summed E-state index contributed by atoms with van der Waals surface area (Å²) in [5, 5.41) is 5.74. The zero-order valence-corrected chi connectivity index (χ0v) is 16.0. The van der Waals surface area contributed by atoms with E-state index in [4.69, 9.17) is 0 Å². The van der Waals surface area contributed by atoms with Crippen LogP contribution < -0.4 is 10.6 Å². The van der Waals surface area contributed by atoms with Gasteiger partial charge in [-0.3, -0.25) is 14.6 Å². The lowest BCUT2D eigenvalue weighted by Crippen LogP contribution is -2.32. The minimum absolute atomic E-state index is 0.249. The normalized spacial score (nSPS) is 11.5. The second-order valence-electron chi connectivity index (χ2n) is 6.73. The molecule has 2 aromatic carbocycles. The molecule has 5 heteroatoms. The van der Waals surface area contributed by atoms with Gasteiger partial charge in [0, 0.05) is 18.1 Å². The fraction of sp³-hybridized carbons (Fsp3) is 0.174. The number of anilines is 1. The topological polar surface area (TPSA) is 71.1 Å². The maximum Gasteiger partial charge on any atom is 0.233 e. The molecule has 0 aliphatic carbocycles. The molecule has 28 heavy (non-hydrogen) atoms. The molecule has 2 amide bonds. The Morgan fingerprint density at radius 3 is 2.25 bits per heavy atom. The molecule has 1 unspecified atom stereocenters. The van der Waals surface area contributed by atoms with Gasteiger partial charge < -0.3 is 10.6 Å². The highest BCUT2D eigenvalue weighted by molar-refractivity contribution is 6.03. The number of hydrogen-bond donors (Lipinski definition) is 2. The Labute approximate surface area is 164 Å². The second-order valence-corrected chi connectivity index (χ2v) is 6.73. The Morgan fingerprint density at radius 1 is 0.893 bits per heavy atom. The van der Waals surface area contributed by atoms with E-state index in [9.17, 15) is 9.59 Å². The number of amides is 2. The minimum Gasteiger partial charge on any atom is -0.345 e. The first kappa shape index (κ1) is 19.3. The number of nitrogens with one attached hydrogen (secondary N) is 2. The van der Waals surface area contributed by atoms with Gasteiger partial charge in [0.15, 0.2) is 0 Å². The first-order valence-electron chi connectivity index (χ1n) is 9.14. The van der Waals surface area contributed by atoms with Crippen LogP contribution >= 0.6 is 0 Å². The van der Waals surface area contributed by atoms with E-state index in [0.29, 0.717) is 5.69 Å². The number of nitrogens with zero attached hydrogens (tertiary/aromatic N) is 1. The number of rotatable bonds is 6. The largest absolute Gasteiger partial charge is 0.345 e. The van der Waals surface area contributed by atoms with Gasteiger partial charge in [-0.1, -0.05) is 42.0 Å². The number of carbonyl (C=O) groups is 2. The smallest absolute Gasteiger partial charge is 0.233 e. The van der Waals surface area contributed by atoms with E-state index in [1.54, 1.807) is 12.4 Å². The van der Waals surface area contributed by atoms with E-state index in [1.165, 1.54) is 0 Å². The van der Waals surface area contributed by atoms with E-state index in [2.05, 4.69) is 15.6 Å². The van der Waals surface area contributed by atoms with E-state index in [0.717, 1.165) is 22.3 Å². The van der Waals surface area contributed by atoms with Crippen LogP contribution in [0.1, 0.15) is 34.7 Å². The highest BCUT2D eigenvalue weighted by Crippen LogP contribution is 2.24. The fourth-order valence-corrected chi connectivity index (χ4v) is 3.01. The number of hydrogen-bond acceptors (Lipinski definition) is 3. The van der Waals surface area contributed by atoms with Crippen molar-refractivity contribution >= 4 is 17.5 Å². The van der Waals surface area contributed by atoms with Crippen LogP contribution in [0.4, 0.5) is 5.69 Å². The van der Waals surface area contributed by atoms with Crippen LogP contribution in [0.3, 0.4) is 0 Å². The second kappa shape index (κ2) is 8.95. The van der Waals surface area contributed by atoms with Crippen molar-refractivity contribution < 1.29 is 9.59 Å². The third kappa shape index (κ3) is 5.04. The molecule has 2 N–H and O–H groups in total. The van der Waals surface area contributed by atoms with Gasteiger partial charge in [-0.05, 0) is 54.8 Å². The SMILES string of the molecule is Cc1ccc(NC(=O)CC(=O)NC(c2ccncc2)c2ccccc2C)cc1. The lowest BCUT2D eigenvalue weighted by molar-refractivity contribution is -0.127. The Kier molecular flexibility index (Phi) is 6.17. The quantitative estimate of drug-likeness (QED) is 0.643. The number of benzene rings is 2. The van der Waals surface area contributed by atoms with Gasteiger partial charge in [-0.2, -0.15) is 0 Å². The van der Waals surface area contributed by atoms with Gasteiger partial charge in [0.05, 0.1) is 6.04 Å². The molecule has 0 bridgehead atoms. The van der Waals surface area contributed by atoms with Crippen LogP contribution in [0.15, 0.2) is 73.1 Å². The molecular formula is C23H23N3O2. The molecule has 0 saturated carbocycles. The van der Waals surface area contributed by atoms with Crippen molar-refractivity contribution in [1.82, 2.24) is 10.3 Å². The molecule has 1 heterocycles. The molecule has 0 fully saturated rings. The summed E-state index contributed by atoms with van der Waals surface area (Å²) in [5.74, 6) is -0.686. The third-order valence-electron chi connectivity index (χ3n) is 4.50. The standard InChI is InChI=1S/C23H23N3O2/c1-16-7-9-19(10-8-16)25-21(27)15-22(28)26-23(18-11-13-24-14-12-18)20-6-4-3-5-17(20)2/h3-14,23H,15H2,1-2H3,(H,25,27)(H,26,28). The lowest BCUT2D eigenvalue weighted by Gasteiger charge is -2.21. The van der Waals surface area contributed by atoms with Crippen molar-refractivity contribution in [3.8, 4) is 0 Å². The van der Waals surface area contributed by atoms with Crippen molar-refractivity contribution in [3.05, 3.63) is 95.3 Å². The minimum atomic E-state index is -0.348. The van der Waals surface area contributed by atoms with Gasteiger partial charge in [0.2, 0.25) is 11.8 Å². The van der Waals surface area contributed by atoms with Crippen LogP contribution in [0.2, 0.25) is 0 Å². The average molecular weight is 373 g/mol. The molecule has 5 nitrogen and oxygen atoms in total. The lowest BCUT2D eigenvalue weighted by atomic mass is 9.95. The Morgan fingerprint density at radius 2 is 1.57 bits per heavy atom. The number of pyridine rings is 1. The summed E-state index contributed by atoms with van der Waals surface area (Å²) in [4.78, 5) is 28.9. The molecule has 0 radical (unpaired) electrons. The highest BCUT2D eigenvalue weighted by atomic mass is 16.2. The zero-order chi connectivity index (χ0) is 19.9. The van der Waals surface area contributed by atoms with Crippen molar-refractivity contribution in [2.75, 3.05) is 5.32 Å². The first-order valence-corrected chi connectivity index (χ1v) is 9.14. The summed E-state index contributed by atoms with van der Waals surface area (Å²) in [7, 11) is 0. The predicted molar refractivity (Wildman–Crippen MR) is 110 cm³/mol. The Hall–Kier alpha value is -3.47. The molecule has 3 aromatic rings. The molecule has 0 saturated heterocycles. The molecule has 142 valence electrons. The van der Waals surface area contributed by atoms with Crippen LogP contribution in [0.5, 0.6) is 0 Å². The van der Waals surface area contributed by atoms with Gasteiger partial charge in [0.1, 0.15) is 6.42 Å². The van der Waals surface area contributed by atoms with Crippen molar-refractivity contribution in [3.63, 3.8) is 0 Å². The molecular weight excluding hydrogens is 350 g/mol. The van der Waals surface area contributed by atoms with Crippen molar-refractivity contribution in [2.45, 2.75) is 26.3 Å². The summed E-state index contributed by atoms with van der Waals surface area (Å²) in [5.41, 5.74) is 4.74. The first-order chi connectivity index (χ1) is 13.5. The fourth-order valence-electron chi connectivity index (χ4n) is 3.01. The maximum atomic E-state index is 12.6. The zero-order valence-electron chi connectivity index (χ0n) is 16.0. The summed E-state index contributed by atoms with van der Waals surface area (Å²) in [6.07, 6.45) is 3.13. The molecule has 0 spiro atoms. The van der Waals surface area contributed by atoms with Gasteiger partial charge in [0.25, 0.3) is 0 Å². The number of aryl methyl sites for hydroxylation is 2. The monoisotopic (exact) mass is 373 g/mol. The summed E-state index contributed by atoms with van der Waals surface area (Å²) >= 11 is 0. The van der Waals surface area contributed by atoms with Gasteiger partial charge in [-0.25, -0.2) is 0 Å². The molecule has 0 aliphatic rings. The number of carbonyl (C=O) groups excluding carboxylic acids is 2. The average Bonchev–Trinajstić information content (AvgIpc) is 2.69. The van der Waals surface area contributed by atoms with Crippen LogP contribution in [0.25, 0.3) is 0 Å². The van der Waals surface area contributed by atoms with Gasteiger partial charge >= 0.3 is 0 Å². The number of aromatic nitrogens is 1. The summed E-state index contributed by atoms with van der Waals surface area (Å²) in [6.45, 7) is 3.98. The van der Waals surface area contributed by atoms with Crippen LogP contribution in [0, 0.1) is 13.8 Å². The highest BCUT2D eigenvalue weighted by Gasteiger charge is 2.20. The van der Waals surface area contributed by atoms with Crippen LogP contribution in [-0.4, -0.2) is 16.8 Å². The predicted octanol–water partition coefficient (Wildman–Crippen LogP) is 3.93. The van der Waals surface area contributed by atoms with Crippen molar-refractivity contribution in [1.29, 1.82) is 0 Å². The van der Waals surface area contributed by atoms with E-state index < -0.39 is 0 Å². The van der Waals surface area contributed by atoms with E-state index >= 15 is 0 Å². The Bertz CT molecular complexity index is 953. The van der Waals surface area contributed by atoms with Gasteiger partial charge in [-0.15, -0.1) is 0 Å². The maximum absolute atomic E-state index is 12.6. The molecule has 1 aromatic heterocycles. The summed E-state index contributed by atoms with van der Waals surface area (Å²) in [6, 6.07) is 18.7. The molecule has 1 atom stereocenters. The molecule has 0 aliphatic heterocycles. The van der Waals surface area contributed by atoms with Crippen LogP contribution in [-0.2, 0) is 9.59 Å². The van der Waals surface area contributed by atoms with E-state index in [-0.39, 0.29) is 24.3 Å². The van der Waals surface area contributed by atoms with Crippen molar-refractivity contribution in [2.24, 2.45) is 0 Å². The third-order valence-corrected chi connectivity index (χ3v) is 4.50. The van der Waals surface area contributed by atoms with E-state index in [1.807, 2.05) is 74.5 Å².